The smallest absolute Gasteiger partial charge is 0.259 e. The highest BCUT2D eigenvalue weighted by Crippen LogP contribution is 2.31. The topological polar surface area (TPSA) is 73.9 Å². The molecule has 6 nitrogen and oxygen atoms in total. The van der Waals surface area contributed by atoms with Gasteiger partial charge in [0.15, 0.2) is 0 Å². The summed E-state index contributed by atoms with van der Waals surface area (Å²) in [5.74, 6) is -0.815. The van der Waals surface area contributed by atoms with Gasteiger partial charge in [-0.2, -0.15) is 0 Å². The minimum Gasteiger partial charge on any atom is -0.339 e. The number of carbonyl (C=O) groups is 1. The lowest BCUT2D eigenvalue weighted by atomic mass is 9.93. The zero-order valence-electron chi connectivity index (χ0n) is 24.9. The van der Waals surface area contributed by atoms with E-state index in [0.717, 1.165) is 59.5 Å². The maximum absolute atomic E-state index is 15.3. The maximum atomic E-state index is 15.3. The summed E-state index contributed by atoms with van der Waals surface area (Å²) >= 11 is 0. The Balaban J connectivity index is 1.64. The molecule has 0 radical (unpaired) electrons. The van der Waals surface area contributed by atoms with Gasteiger partial charge in [0.25, 0.3) is 5.91 Å². The van der Waals surface area contributed by atoms with E-state index >= 15 is 4.39 Å². The highest BCUT2D eigenvalue weighted by molar-refractivity contribution is 6.07. The van der Waals surface area contributed by atoms with Crippen LogP contribution in [0.5, 0.6) is 0 Å². The first-order valence-electron chi connectivity index (χ1n) is 14.3. The van der Waals surface area contributed by atoms with Gasteiger partial charge in [-0.1, -0.05) is 57.2 Å². The van der Waals surface area contributed by atoms with Crippen molar-refractivity contribution >= 4 is 34.3 Å². The number of halogens is 1. The van der Waals surface area contributed by atoms with Crippen LogP contribution in [0.15, 0.2) is 60.9 Å². The Hall–Kier alpha value is -4.10. The molecule has 0 bridgehead atoms. The molecule has 2 aromatic heterocycles. The van der Waals surface area contributed by atoms with Crippen molar-refractivity contribution in [2.24, 2.45) is 0 Å². The zero-order valence-corrected chi connectivity index (χ0v) is 24.9. The first-order chi connectivity index (χ1) is 19.8. The van der Waals surface area contributed by atoms with Gasteiger partial charge in [-0.05, 0) is 87.2 Å². The predicted octanol–water partition coefficient (Wildman–Crippen LogP) is 8.31. The average Bonchev–Trinajstić information content (AvgIpc) is 3.41. The Morgan fingerprint density at radius 2 is 1.95 bits per heavy atom. The predicted molar refractivity (Wildman–Crippen MR) is 169 cm³/mol. The fraction of sp³-hybridized carbons (Fsp3) is 0.324. The van der Waals surface area contributed by atoms with E-state index in [-0.39, 0.29) is 11.5 Å². The number of benzene rings is 2. The van der Waals surface area contributed by atoms with Crippen LogP contribution >= 0.6 is 0 Å². The zero-order chi connectivity index (χ0) is 29.5. The Labute approximate surface area is 242 Å². The molecule has 0 saturated heterocycles. The van der Waals surface area contributed by atoms with Crippen molar-refractivity contribution in [2.75, 3.05) is 25.5 Å². The van der Waals surface area contributed by atoms with Crippen LogP contribution in [0.4, 0.5) is 10.1 Å². The van der Waals surface area contributed by atoms with Gasteiger partial charge in [-0.25, -0.2) is 14.4 Å². The van der Waals surface area contributed by atoms with Gasteiger partial charge in [0.2, 0.25) is 0 Å². The number of nitrogens with zero attached hydrogens (tertiary/aromatic N) is 3. The molecule has 2 heterocycles. The Kier molecular flexibility index (Phi) is 9.84. The number of hydrogen-bond acceptors (Lipinski definition) is 4. The highest BCUT2D eigenvalue weighted by atomic mass is 19.1. The van der Waals surface area contributed by atoms with Gasteiger partial charge in [0.05, 0.1) is 11.3 Å². The number of fused-ring (bicyclic) bond motifs is 1. The van der Waals surface area contributed by atoms with Crippen LogP contribution in [0, 0.1) is 5.82 Å². The molecular weight excluding hydrogens is 513 g/mol. The normalized spacial score (nSPS) is 12.9. The van der Waals surface area contributed by atoms with E-state index < -0.39 is 11.7 Å². The van der Waals surface area contributed by atoms with Crippen molar-refractivity contribution in [3.63, 3.8) is 0 Å². The molecule has 0 aliphatic rings. The van der Waals surface area contributed by atoms with Crippen LogP contribution in [-0.2, 0) is 0 Å². The molecule has 1 amide bonds. The third-order valence-corrected chi connectivity index (χ3v) is 7.71. The average molecular weight is 554 g/mol. The van der Waals surface area contributed by atoms with E-state index in [9.17, 15) is 4.79 Å². The van der Waals surface area contributed by atoms with Gasteiger partial charge in [-0.3, -0.25) is 4.79 Å². The second kappa shape index (κ2) is 13.5. The highest BCUT2D eigenvalue weighted by Gasteiger charge is 2.20. The van der Waals surface area contributed by atoms with E-state index in [1.165, 1.54) is 11.6 Å². The molecule has 2 N–H and O–H groups in total. The Morgan fingerprint density at radius 3 is 2.66 bits per heavy atom. The van der Waals surface area contributed by atoms with Gasteiger partial charge in [0.1, 0.15) is 17.8 Å². The second-order valence-corrected chi connectivity index (χ2v) is 10.4. The third-order valence-electron chi connectivity index (χ3n) is 7.71. The minimum absolute atomic E-state index is 0.0351. The molecule has 4 rings (SSSR count). The Morgan fingerprint density at radius 1 is 1.15 bits per heavy atom. The summed E-state index contributed by atoms with van der Waals surface area (Å²) in [6.07, 6.45) is 9.08. The number of allylic oxidation sites excluding steroid dienone is 2. The quantitative estimate of drug-likeness (QED) is 0.196. The largest absolute Gasteiger partial charge is 0.339 e. The van der Waals surface area contributed by atoms with Crippen molar-refractivity contribution in [3.8, 4) is 11.3 Å². The molecule has 1 unspecified atom stereocenters. The number of anilines is 1. The fourth-order valence-corrected chi connectivity index (χ4v) is 4.91. The molecule has 2 aromatic carbocycles. The van der Waals surface area contributed by atoms with Crippen LogP contribution in [0.2, 0.25) is 0 Å². The van der Waals surface area contributed by atoms with Crippen LogP contribution in [0.25, 0.3) is 33.9 Å². The van der Waals surface area contributed by atoms with Gasteiger partial charge in [0, 0.05) is 28.9 Å². The van der Waals surface area contributed by atoms with E-state index in [0.29, 0.717) is 11.3 Å². The SMILES string of the molecule is C/C=C\c1cc(C(C)CC)cc(F)c1C(=O)Nc1cccc(-c2ncnc3[nH]c(/C(=C/C)CCN(C)CC)cc23)c1. The van der Waals surface area contributed by atoms with E-state index in [2.05, 4.69) is 65.1 Å². The lowest BCUT2D eigenvalue weighted by Gasteiger charge is -2.15. The molecule has 0 saturated carbocycles. The molecule has 1 atom stereocenters. The van der Waals surface area contributed by atoms with E-state index in [1.807, 2.05) is 44.2 Å². The summed E-state index contributed by atoms with van der Waals surface area (Å²) in [7, 11) is 2.12. The summed E-state index contributed by atoms with van der Waals surface area (Å²) in [5, 5.41) is 3.81. The summed E-state index contributed by atoms with van der Waals surface area (Å²) in [4.78, 5) is 28.1. The van der Waals surface area contributed by atoms with E-state index in [4.69, 9.17) is 0 Å². The summed E-state index contributed by atoms with van der Waals surface area (Å²) in [6, 6.07) is 12.9. The third kappa shape index (κ3) is 6.80. The number of rotatable bonds is 11. The van der Waals surface area contributed by atoms with Gasteiger partial charge in [-0.15, -0.1) is 0 Å². The minimum atomic E-state index is -0.521. The molecule has 41 heavy (non-hydrogen) atoms. The standard InChI is InChI=1S/C34H40FN5O/c1-7-12-24-17-26(22(5)8-2)19-29(35)31(24)34(41)38-27-14-11-13-25(18-27)32-28-20-30(39-33(28)37-21-36-32)23(9-3)15-16-40(6)10-4/h7,9,11-14,17-22H,8,10,15-16H2,1-6H3,(H,38,41)(H,36,37,39)/b12-7-,23-9+. The van der Waals surface area contributed by atoms with Gasteiger partial charge >= 0.3 is 0 Å². The molecule has 0 spiro atoms. The monoisotopic (exact) mass is 553 g/mol. The first kappa shape index (κ1) is 29.9. The number of aromatic nitrogens is 3. The maximum Gasteiger partial charge on any atom is 0.259 e. The van der Waals surface area contributed by atoms with Crippen LogP contribution < -0.4 is 5.32 Å². The molecule has 7 heteroatoms. The van der Waals surface area contributed by atoms with Gasteiger partial charge < -0.3 is 15.2 Å². The first-order valence-corrected chi connectivity index (χ1v) is 14.3. The van der Waals surface area contributed by atoms with Crippen LogP contribution in [0.3, 0.4) is 0 Å². The van der Waals surface area contributed by atoms with Crippen molar-refractivity contribution < 1.29 is 9.18 Å². The number of nitrogens with one attached hydrogen (secondary N) is 2. The van der Waals surface area contributed by atoms with Crippen LogP contribution in [0.1, 0.15) is 80.6 Å². The molecule has 0 aliphatic heterocycles. The lowest BCUT2D eigenvalue weighted by Crippen LogP contribution is -2.18. The van der Waals surface area contributed by atoms with Crippen LogP contribution in [-0.4, -0.2) is 45.9 Å². The Bertz CT molecular complexity index is 1590. The summed E-state index contributed by atoms with van der Waals surface area (Å²) in [5.41, 5.74) is 6.62. The molecular formula is C34H40FN5O. The molecule has 0 aliphatic carbocycles. The number of carbonyl (C=O) groups excluding carboxylic acids is 1. The number of aromatic amines is 1. The lowest BCUT2D eigenvalue weighted by molar-refractivity contribution is 0.102. The van der Waals surface area contributed by atoms with Crippen molar-refractivity contribution in [1.29, 1.82) is 0 Å². The number of H-pyrrole nitrogens is 1. The summed E-state index contributed by atoms with van der Waals surface area (Å²) < 4.78 is 15.3. The summed E-state index contributed by atoms with van der Waals surface area (Å²) in [6.45, 7) is 12.1. The molecule has 4 aromatic rings. The fourth-order valence-electron chi connectivity index (χ4n) is 4.91. The molecule has 214 valence electrons. The van der Waals surface area contributed by atoms with E-state index in [1.54, 1.807) is 18.5 Å². The molecule has 0 fully saturated rings. The van der Waals surface area contributed by atoms with Crippen molar-refractivity contribution in [3.05, 3.63) is 89.1 Å². The number of hydrogen-bond donors (Lipinski definition) is 2. The second-order valence-electron chi connectivity index (χ2n) is 10.4. The van der Waals surface area contributed by atoms with Crippen molar-refractivity contribution in [2.45, 2.75) is 53.4 Å². The number of amides is 1. The van der Waals surface area contributed by atoms with Crippen molar-refractivity contribution in [1.82, 2.24) is 19.9 Å².